The second kappa shape index (κ2) is 4.95. The molecule has 2 unspecified atom stereocenters. The van der Waals surface area contributed by atoms with E-state index in [1.165, 1.54) is 0 Å². The molecule has 90 valence electrons. The van der Waals surface area contributed by atoms with Gasteiger partial charge in [-0.25, -0.2) is 0 Å². The number of ether oxygens (including phenoxy) is 1. The molecule has 5 heteroatoms. The van der Waals surface area contributed by atoms with E-state index in [9.17, 15) is 0 Å². The molecule has 2 rings (SSSR count). The summed E-state index contributed by atoms with van der Waals surface area (Å²) in [5, 5.41) is 3.88. The summed E-state index contributed by atoms with van der Waals surface area (Å²) in [6.07, 6.45) is 1.37. The molecule has 0 saturated carbocycles. The molecule has 0 spiro atoms. The van der Waals surface area contributed by atoms with Crippen molar-refractivity contribution in [2.24, 2.45) is 5.73 Å². The lowest BCUT2D eigenvalue weighted by Crippen LogP contribution is -2.36. The van der Waals surface area contributed by atoms with Crippen molar-refractivity contribution in [3.05, 3.63) is 17.5 Å². The van der Waals surface area contributed by atoms with Gasteiger partial charge in [-0.05, 0) is 20.4 Å². The third-order valence-electron chi connectivity index (χ3n) is 3.12. The van der Waals surface area contributed by atoms with E-state index in [2.05, 4.69) is 24.0 Å². The van der Waals surface area contributed by atoms with E-state index in [0.29, 0.717) is 18.7 Å². The Bertz CT molecular complexity index is 340. The highest BCUT2D eigenvalue weighted by Crippen LogP contribution is 2.20. The van der Waals surface area contributed by atoms with E-state index in [1.807, 2.05) is 6.07 Å². The predicted octanol–water partition coefficient (Wildman–Crippen LogP) is 0.743. The molecule has 2 N–H and O–H groups in total. The van der Waals surface area contributed by atoms with E-state index in [-0.39, 0.29) is 0 Å². The Labute approximate surface area is 95.5 Å². The van der Waals surface area contributed by atoms with Crippen molar-refractivity contribution in [2.45, 2.75) is 38.6 Å². The van der Waals surface area contributed by atoms with Crippen LogP contribution in [-0.4, -0.2) is 35.9 Å². The number of hydrogen-bond acceptors (Lipinski definition) is 5. The molecule has 2 atom stereocenters. The van der Waals surface area contributed by atoms with Crippen molar-refractivity contribution in [2.75, 3.05) is 13.7 Å². The summed E-state index contributed by atoms with van der Waals surface area (Å²) in [5.74, 6) is 0.863. The Morgan fingerprint density at radius 3 is 3.00 bits per heavy atom. The maximum Gasteiger partial charge on any atom is 0.151 e. The summed E-state index contributed by atoms with van der Waals surface area (Å²) in [7, 11) is 2.08. The number of nitrogens with zero attached hydrogens (tertiary/aromatic N) is 2. The molecule has 16 heavy (non-hydrogen) atoms. The summed E-state index contributed by atoms with van der Waals surface area (Å²) in [5.41, 5.74) is 6.29. The number of hydrogen-bond donors (Lipinski definition) is 1. The molecule has 0 aliphatic carbocycles. The summed E-state index contributed by atoms with van der Waals surface area (Å²) < 4.78 is 10.8. The first-order chi connectivity index (χ1) is 7.70. The lowest BCUT2D eigenvalue weighted by atomic mass is 10.1. The van der Waals surface area contributed by atoms with Crippen molar-refractivity contribution >= 4 is 0 Å². The Morgan fingerprint density at radius 1 is 1.62 bits per heavy atom. The number of rotatable bonds is 4. The van der Waals surface area contributed by atoms with Gasteiger partial charge in [0.05, 0.1) is 18.3 Å². The smallest absolute Gasteiger partial charge is 0.151 e. The highest BCUT2D eigenvalue weighted by Gasteiger charge is 2.28. The maximum atomic E-state index is 5.54. The molecule has 0 amide bonds. The fraction of sp³-hybridized carbons (Fsp3) is 0.727. The number of likely N-dealkylation sites (N-methyl/N-ethyl adjacent to an activating group) is 1. The molecule has 1 aliphatic rings. The first kappa shape index (κ1) is 11.6. The quantitative estimate of drug-likeness (QED) is 0.819. The summed E-state index contributed by atoms with van der Waals surface area (Å²) in [6, 6.07) is 2.38. The van der Waals surface area contributed by atoms with Crippen LogP contribution >= 0.6 is 0 Å². The first-order valence-electron chi connectivity index (χ1n) is 5.67. The molecule has 1 aromatic heterocycles. The standard InChI is InChI=1S/C11H19N3O2/c1-8-11(3-4-15-8)14(2)7-10-5-9(6-12)13-16-10/h5,8,11H,3-4,6-7,12H2,1-2H3. The van der Waals surface area contributed by atoms with Crippen molar-refractivity contribution in [1.82, 2.24) is 10.1 Å². The lowest BCUT2D eigenvalue weighted by molar-refractivity contribution is 0.0783. The summed E-state index contributed by atoms with van der Waals surface area (Å²) in [6.45, 7) is 4.14. The van der Waals surface area contributed by atoms with Crippen LogP contribution in [0.1, 0.15) is 24.8 Å². The second-order valence-corrected chi connectivity index (χ2v) is 4.34. The van der Waals surface area contributed by atoms with Crippen molar-refractivity contribution in [3.63, 3.8) is 0 Å². The fourth-order valence-corrected chi connectivity index (χ4v) is 2.19. The molecular formula is C11H19N3O2. The van der Waals surface area contributed by atoms with Gasteiger partial charge in [0.15, 0.2) is 5.76 Å². The number of nitrogens with two attached hydrogens (primary N) is 1. The lowest BCUT2D eigenvalue weighted by Gasteiger charge is -2.25. The third kappa shape index (κ3) is 2.42. The molecule has 1 aliphatic heterocycles. The summed E-state index contributed by atoms with van der Waals surface area (Å²) >= 11 is 0. The van der Waals surface area contributed by atoms with Gasteiger partial charge in [0, 0.05) is 25.3 Å². The molecule has 0 aromatic carbocycles. The summed E-state index contributed by atoms with van der Waals surface area (Å²) in [4.78, 5) is 2.25. The minimum atomic E-state index is 0.293. The highest BCUT2D eigenvalue weighted by molar-refractivity contribution is 5.05. The molecule has 1 saturated heterocycles. The average molecular weight is 225 g/mol. The zero-order valence-electron chi connectivity index (χ0n) is 9.85. The SMILES string of the molecule is CC1OCCC1N(C)Cc1cc(CN)no1. The molecule has 0 bridgehead atoms. The van der Waals surface area contributed by atoms with Crippen molar-refractivity contribution < 1.29 is 9.26 Å². The van der Waals surface area contributed by atoms with Crippen LogP contribution in [0.5, 0.6) is 0 Å². The minimum absolute atomic E-state index is 0.293. The Hall–Kier alpha value is -0.910. The van der Waals surface area contributed by atoms with Crippen LogP contribution in [0.25, 0.3) is 0 Å². The average Bonchev–Trinajstić information content (AvgIpc) is 2.86. The van der Waals surface area contributed by atoms with Crippen LogP contribution in [0.4, 0.5) is 0 Å². The van der Waals surface area contributed by atoms with Crippen LogP contribution in [0, 0.1) is 0 Å². The normalized spacial score (nSPS) is 25.5. The van der Waals surface area contributed by atoms with Crippen molar-refractivity contribution in [3.8, 4) is 0 Å². The Balaban J connectivity index is 1.93. The van der Waals surface area contributed by atoms with Crippen LogP contribution in [0.15, 0.2) is 10.6 Å². The molecule has 0 radical (unpaired) electrons. The van der Waals surface area contributed by atoms with E-state index in [1.54, 1.807) is 0 Å². The zero-order valence-corrected chi connectivity index (χ0v) is 9.85. The third-order valence-corrected chi connectivity index (χ3v) is 3.12. The van der Waals surface area contributed by atoms with Crippen LogP contribution < -0.4 is 5.73 Å². The van der Waals surface area contributed by atoms with Gasteiger partial charge in [0.25, 0.3) is 0 Å². The van der Waals surface area contributed by atoms with Gasteiger partial charge in [0.1, 0.15) is 0 Å². The predicted molar refractivity (Wildman–Crippen MR) is 59.7 cm³/mol. The van der Waals surface area contributed by atoms with E-state index < -0.39 is 0 Å². The van der Waals surface area contributed by atoms with Crippen molar-refractivity contribution in [1.29, 1.82) is 0 Å². The Morgan fingerprint density at radius 2 is 2.44 bits per heavy atom. The van der Waals surface area contributed by atoms with Gasteiger partial charge in [-0.15, -0.1) is 0 Å². The van der Waals surface area contributed by atoms with Crippen LogP contribution in [0.3, 0.4) is 0 Å². The van der Waals surface area contributed by atoms with E-state index in [0.717, 1.165) is 31.0 Å². The van der Waals surface area contributed by atoms with Gasteiger partial charge in [-0.2, -0.15) is 0 Å². The topological polar surface area (TPSA) is 64.5 Å². The maximum absolute atomic E-state index is 5.54. The monoisotopic (exact) mass is 225 g/mol. The largest absolute Gasteiger partial charge is 0.377 e. The van der Waals surface area contributed by atoms with Crippen LogP contribution in [-0.2, 0) is 17.8 Å². The fourth-order valence-electron chi connectivity index (χ4n) is 2.19. The molecule has 5 nitrogen and oxygen atoms in total. The minimum Gasteiger partial charge on any atom is -0.377 e. The van der Waals surface area contributed by atoms with E-state index >= 15 is 0 Å². The second-order valence-electron chi connectivity index (χ2n) is 4.34. The number of aromatic nitrogens is 1. The Kier molecular flexibility index (Phi) is 3.58. The van der Waals surface area contributed by atoms with Gasteiger partial charge in [0.2, 0.25) is 0 Å². The molecular weight excluding hydrogens is 206 g/mol. The van der Waals surface area contributed by atoms with Gasteiger partial charge < -0.3 is 15.0 Å². The van der Waals surface area contributed by atoms with Gasteiger partial charge in [-0.3, -0.25) is 4.90 Å². The molecule has 2 heterocycles. The van der Waals surface area contributed by atoms with Gasteiger partial charge >= 0.3 is 0 Å². The molecule has 1 aromatic rings. The van der Waals surface area contributed by atoms with E-state index in [4.69, 9.17) is 15.0 Å². The van der Waals surface area contributed by atoms with Gasteiger partial charge in [-0.1, -0.05) is 5.16 Å². The zero-order chi connectivity index (χ0) is 11.5. The highest BCUT2D eigenvalue weighted by atomic mass is 16.5. The van der Waals surface area contributed by atoms with Crippen LogP contribution in [0.2, 0.25) is 0 Å². The molecule has 1 fully saturated rings. The first-order valence-corrected chi connectivity index (χ1v) is 5.67.